The Hall–Kier alpha value is -3.42. The van der Waals surface area contributed by atoms with Crippen molar-refractivity contribution < 1.29 is 14.4 Å². The Morgan fingerprint density at radius 2 is 1.58 bits per heavy atom. The van der Waals surface area contributed by atoms with Crippen molar-refractivity contribution in [3.63, 3.8) is 0 Å². The van der Waals surface area contributed by atoms with Gasteiger partial charge in [-0.05, 0) is 22.9 Å². The van der Waals surface area contributed by atoms with E-state index in [9.17, 15) is 0 Å². The molecule has 0 heterocycles. The predicted octanol–water partition coefficient (Wildman–Crippen LogP) is 0.345. The molecule has 0 radical (unpaired) electrons. The van der Waals surface area contributed by atoms with Crippen molar-refractivity contribution in [2.24, 2.45) is 28.1 Å². The first kappa shape index (κ1) is 16.9. The van der Waals surface area contributed by atoms with Crippen molar-refractivity contribution in [1.29, 1.82) is 0 Å². The van der Waals surface area contributed by atoms with Gasteiger partial charge in [-0.2, -0.15) is 0 Å². The van der Waals surface area contributed by atoms with Gasteiger partial charge in [0.05, 0.1) is 0 Å². The van der Waals surface area contributed by atoms with Crippen LogP contribution in [0.15, 0.2) is 59.8 Å². The number of para-hydroxylation sites is 2. The lowest BCUT2D eigenvalue weighted by Gasteiger charge is -2.12. The number of hydrogen-bond donors (Lipinski definition) is 4. The van der Waals surface area contributed by atoms with Crippen molar-refractivity contribution in [2.45, 2.75) is 6.42 Å². The van der Waals surface area contributed by atoms with Crippen molar-refractivity contribution in [3.05, 3.63) is 60.2 Å². The lowest BCUT2D eigenvalue weighted by Crippen LogP contribution is -2.34. The summed E-state index contributed by atoms with van der Waals surface area (Å²) in [6, 6.07) is 16.9. The number of benzene rings is 2. The minimum absolute atomic E-state index is 0.0381. The normalized spacial score (nSPS) is 9.83. The van der Waals surface area contributed by atoms with E-state index < -0.39 is 0 Å². The molecule has 0 aliphatic rings. The molecule has 8 heteroatoms. The fourth-order valence-corrected chi connectivity index (χ4v) is 1.99. The van der Waals surface area contributed by atoms with Gasteiger partial charge in [0.15, 0.2) is 5.69 Å². The maximum atomic E-state index is 5.73. The fourth-order valence-electron chi connectivity index (χ4n) is 1.99. The van der Waals surface area contributed by atoms with Crippen LogP contribution in [0.1, 0.15) is 5.56 Å². The molecule has 8 nitrogen and oxygen atoms in total. The van der Waals surface area contributed by atoms with Crippen LogP contribution < -0.4 is 27.8 Å². The van der Waals surface area contributed by atoms with Gasteiger partial charge in [0.25, 0.3) is 0 Å². The highest BCUT2D eigenvalue weighted by molar-refractivity contribution is 5.75. The van der Waals surface area contributed by atoms with Crippen LogP contribution in [0.3, 0.4) is 0 Å². The number of guanidine groups is 2. The smallest absolute Gasteiger partial charge is 0.367 e. The summed E-state index contributed by atoms with van der Waals surface area (Å²) in [6.07, 6.45) is 0.696. The first-order chi connectivity index (χ1) is 11.6. The molecule has 0 atom stereocenters. The van der Waals surface area contributed by atoms with Crippen LogP contribution in [0, 0.1) is 0 Å². The van der Waals surface area contributed by atoms with Crippen LogP contribution >= 0.6 is 0 Å². The Balaban J connectivity index is 2.14. The van der Waals surface area contributed by atoms with Gasteiger partial charge < -0.3 is 21.1 Å². The second kappa shape index (κ2) is 8.28. The maximum Gasteiger partial charge on any atom is 0.383 e. The third kappa shape index (κ3) is 4.80. The van der Waals surface area contributed by atoms with E-state index >= 15 is 0 Å². The molecule has 0 amide bonds. The van der Waals surface area contributed by atoms with Gasteiger partial charge in [-0.15, -0.1) is 0 Å². The van der Waals surface area contributed by atoms with Crippen LogP contribution in [0.5, 0.6) is 5.75 Å². The van der Waals surface area contributed by atoms with Gasteiger partial charge in [0, 0.05) is 6.42 Å². The van der Waals surface area contributed by atoms with Gasteiger partial charge in [-0.1, -0.05) is 47.2 Å². The number of nitrogens with two attached hydrogens (primary N) is 4. The largest absolute Gasteiger partial charge is 0.383 e. The molecule has 0 saturated carbocycles. The van der Waals surface area contributed by atoms with Crippen molar-refractivity contribution >= 4 is 17.6 Å². The van der Waals surface area contributed by atoms with E-state index in [2.05, 4.69) is 5.16 Å². The number of oxime groups is 1. The van der Waals surface area contributed by atoms with Gasteiger partial charge in [0.1, 0.15) is 6.61 Å². The van der Waals surface area contributed by atoms with E-state index in [4.69, 9.17) is 32.6 Å². The predicted molar refractivity (Wildman–Crippen MR) is 92.3 cm³/mol. The molecule has 0 unspecified atom stereocenters. The molecular formula is C16H21N6O2+. The molecule has 0 aromatic heterocycles. The summed E-state index contributed by atoms with van der Waals surface area (Å²) in [6.45, 7) is 0.374. The summed E-state index contributed by atoms with van der Waals surface area (Å²) in [7, 11) is 0. The van der Waals surface area contributed by atoms with E-state index in [1.807, 2.05) is 30.3 Å². The van der Waals surface area contributed by atoms with Crippen molar-refractivity contribution in [2.75, 3.05) is 6.61 Å². The van der Waals surface area contributed by atoms with Gasteiger partial charge in [-0.25, -0.2) is 0 Å². The molecule has 0 saturated heterocycles. The Bertz CT molecular complexity index is 722. The summed E-state index contributed by atoms with van der Waals surface area (Å²) in [5.74, 6) is 0.105. The summed E-state index contributed by atoms with van der Waals surface area (Å²) in [5, 5.41) is 3.52. The minimum atomic E-state index is -0.203. The Morgan fingerprint density at radius 3 is 2.25 bits per heavy atom. The first-order valence-electron chi connectivity index (χ1n) is 7.28. The minimum Gasteiger partial charge on any atom is -0.367 e. The second-order valence-electron chi connectivity index (χ2n) is 4.86. The third-order valence-electron chi connectivity index (χ3n) is 3.02. The molecule has 2 aromatic rings. The number of rotatable bonds is 7. The summed E-state index contributed by atoms with van der Waals surface area (Å²) < 4.78 is 1.28. The molecule has 2 aromatic carbocycles. The Labute approximate surface area is 139 Å². The van der Waals surface area contributed by atoms with Crippen LogP contribution in [0.2, 0.25) is 0 Å². The second-order valence-corrected chi connectivity index (χ2v) is 4.86. The lowest BCUT2D eigenvalue weighted by molar-refractivity contribution is -0.730. The van der Waals surface area contributed by atoms with Crippen LogP contribution in [0.25, 0.3) is 0 Å². The van der Waals surface area contributed by atoms with E-state index in [-0.39, 0.29) is 11.9 Å². The standard InChI is InChI=1S/C16H20N6O2/c17-15(18)21-24-14-9-5-4-8-13(14)22(16(19)20)23-11-10-12-6-2-1-3-7-12/h1-9H,10-11H2,(H7,17,18,19,20,21)/p+1. The van der Waals surface area contributed by atoms with Gasteiger partial charge >= 0.3 is 5.96 Å². The molecule has 0 fully saturated rings. The molecule has 0 bridgehead atoms. The average molecular weight is 329 g/mol. The Morgan fingerprint density at radius 1 is 0.917 bits per heavy atom. The Kier molecular flexibility index (Phi) is 5.84. The zero-order valence-corrected chi connectivity index (χ0v) is 13.1. The van der Waals surface area contributed by atoms with E-state index in [1.165, 1.54) is 4.74 Å². The zero-order chi connectivity index (χ0) is 17.4. The molecule has 2 rings (SSSR count). The van der Waals surface area contributed by atoms with Crippen molar-refractivity contribution in [1.82, 2.24) is 0 Å². The van der Waals surface area contributed by atoms with Gasteiger partial charge in [0.2, 0.25) is 11.7 Å². The van der Waals surface area contributed by atoms with Gasteiger partial charge in [-0.3, -0.25) is 11.5 Å². The highest BCUT2D eigenvalue weighted by Gasteiger charge is 2.16. The average Bonchev–Trinajstić information content (AvgIpc) is 2.58. The fraction of sp³-hybridized carbons (Fsp3) is 0.125. The molecule has 0 aliphatic carbocycles. The quantitative estimate of drug-likeness (QED) is 0.250. The first-order valence-corrected chi connectivity index (χ1v) is 7.28. The lowest BCUT2D eigenvalue weighted by atomic mass is 10.2. The summed E-state index contributed by atoms with van der Waals surface area (Å²) >= 11 is 0. The monoisotopic (exact) mass is 329 g/mol. The van der Waals surface area contributed by atoms with E-state index in [1.54, 1.807) is 24.3 Å². The van der Waals surface area contributed by atoms with Crippen LogP contribution in [0.4, 0.5) is 5.69 Å². The summed E-state index contributed by atoms with van der Waals surface area (Å²) in [4.78, 5) is 10.9. The van der Waals surface area contributed by atoms with Crippen LogP contribution in [-0.2, 0) is 11.3 Å². The molecular weight excluding hydrogens is 308 g/mol. The number of nitrogens with zero attached hydrogens (tertiary/aromatic N) is 2. The molecule has 8 N–H and O–H groups in total. The number of hydrogen-bond acceptors (Lipinski definition) is 3. The maximum absolute atomic E-state index is 5.73. The SMILES string of the molecule is NC(N)=NOc1ccccc1[N+](OCCc1ccccc1)=C(N)N. The highest BCUT2D eigenvalue weighted by atomic mass is 16.7. The van der Waals surface area contributed by atoms with E-state index in [0.29, 0.717) is 24.5 Å². The molecule has 126 valence electrons. The van der Waals surface area contributed by atoms with Crippen LogP contribution in [-0.4, -0.2) is 23.3 Å². The molecule has 24 heavy (non-hydrogen) atoms. The highest BCUT2D eigenvalue weighted by Crippen LogP contribution is 2.27. The molecule has 0 aliphatic heterocycles. The third-order valence-corrected chi connectivity index (χ3v) is 3.02. The molecule has 0 spiro atoms. The topological polar surface area (TPSA) is 138 Å². The van der Waals surface area contributed by atoms with Crippen molar-refractivity contribution in [3.8, 4) is 5.75 Å². The zero-order valence-electron chi connectivity index (χ0n) is 13.1. The van der Waals surface area contributed by atoms with E-state index in [0.717, 1.165) is 5.56 Å². The summed E-state index contributed by atoms with van der Waals surface area (Å²) in [5.41, 5.74) is 23.6.